The molecular formula is C12H16N2O4S2. The SMILES string of the molecule is O=C(NS(=O)(=O)CC1CCOC1)c1csc(C2CC2)n1. The van der Waals surface area contributed by atoms with Crippen LogP contribution in [0, 0.1) is 5.92 Å². The average molecular weight is 316 g/mol. The van der Waals surface area contributed by atoms with Crippen molar-refractivity contribution in [3.05, 3.63) is 16.1 Å². The Kier molecular flexibility index (Phi) is 3.78. The van der Waals surface area contributed by atoms with Crippen molar-refractivity contribution in [3.8, 4) is 0 Å². The van der Waals surface area contributed by atoms with E-state index in [1.807, 2.05) is 0 Å². The summed E-state index contributed by atoms with van der Waals surface area (Å²) in [6.07, 6.45) is 2.93. The molecule has 0 bridgehead atoms. The van der Waals surface area contributed by atoms with Gasteiger partial charge in [0, 0.05) is 23.8 Å². The molecule has 20 heavy (non-hydrogen) atoms. The van der Waals surface area contributed by atoms with Crippen LogP contribution >= 0.6 is 11.3 Å². The number of carbonyl (C=O) groups is 1. The maximum Gasteiger partial charge on any atom is 0.284 e. The van der Waals surface area contributed by atoms with Crippen molar-refractivity contribution < 1.29 is 17.9 Å². The minimum absolute atomic E-state index is 0.0299. The van der Waals surface area contributed by atoms with E-state index in [9.17, 15) is 13.2 Å². The number of rotatable bonds is 5. The van der Waals surface area contributed by atoms with Crippen molar-refractivity contribution in [1.82, 2.24) is 9.71 Å². The lowest BCUT2D eigenvalue weighted by Gasteiger charge is -2.09. The summed E-state index contributed by atoms with van der Waals surface area (Å²) >= 11 is 1.42. The van der Waals surface area contributed by atoms with Gasteiger partial charge in [0.05, 0.1) is 17.4 Å². The van der Waals surface area contributed by atoms with E-state index in [4.69, 9.17) is 4.74 Å². The fourth-order valence-electron chi connectivity index (χ4n) is 2.17. The predicted octanol–water partition coefficient (Wildman–Crippen LogP) is 1.12. The van der Waals surface area contributed by atoms with Crippen LogP contribution in [0.4, 0.5) is 0 Å². The Hall–Kier alpha value is -0.990. The normalized spacial score (nSPS) is 22.9. The Balaban J connectivity index is 1.61. The summed E-state index contributed by atoms with van der Waals surface area (Å²) in [4.78, 5) is 16.1. The van der Waals surface area contributed by atoms with Gasteiger partial charge in [-0.05, 0) is 19.3 Å². The predicted molar refractivity (Wildman–Crippen MR) is 74.3 cm³/mol. The minimum Gasteiger partial charge on any atom is -0.381 e. The highest BCUT2D eigenvalue weighted by Gasteiger charge is 2.29. The lowest BCUT2D eigenvalue weighted by Crippen LogP contribution is -2.35. The molecule has 1 atom stereocenters. The summed E-state index contributed by atoms with van der Waals surface area (Å²) < 4.78 is 31.1. The van der Waals surface area contributed by atoms with E-state index in [0.29, 0.717) is 19.1 Å². The van der Waals surface area contributed by atoms with Gasteiger partial charge in [-0.1, -0.05) is 0 Å². The Bertz CT molecular complexity index is 601. The molecule has 110 valence electrons. The molecule has 0 aromatic carbocycles. The highest BCUT2D eigenvalue weighted by Crippen LogP contribution is 2.41. The average Bonchev–Trinajstić information content (AvgIpc) is 2.90. The van der Waals surface area contributed by atoms with E-state index < -0.39 is 15.9 Å². The number of sulfonamides is 1. The molecule has 1 amide bonds. The molecule has 1 N–H and O–H groups in total. The molecule has 2 heterocycles. The third kappa shape index (κ3) is 3.36. The van der Waals surface area contributed by atoms with E-state index in [1.165, 1.54) is 11.3 Å². The molecule has 1 saturated carbocycles. The van der Waals surface area contributed by atoms with Gasteiger partial charge in [-0.3, -0.25) is 4.79 Å². The molecule has 0 radical (unpaired) electrons. The first-order valence-corrected chi connectivity index (χ1v) is 9.15. The number of nitrogens with zero attached hydrogens (tertiary/aromatic N) is 1. The van der Waals surface area contributed by atoms with Crippen molar-refractivity contribution in [2.45, 2.75) is 25.2 Å². The van der Waals surface area contributed by atoms with Crippen LogP contribution in [0.5, 0.6) is 0 Å². The first-order valence-electron chi connectivity index (χ1n) is 6.61. The van der Waals surface area contributed by atoms with E-state index >= 15 is 0 Å². The van der Waals surface area contributed by atoms with Crippen LogP contribution in [0.2, 0.25) is 0 Å². The van der Waals surface area contributed by atoms with Crippen LogP contribution in [-0.2, 0) is 14.8 Å². The van der Waals surface area contributed by atoms with E-state index in [0.717, 1.165) is 24.3 Å². The molecular weight excluding hydrogens is 300 g/mol. The van der Waals surface area contributed by atoms with Gasteiger partial charge in [-0.25, -0.2) is 18.1 Å². The third-order valence-corrected chi connectivity index (χ3v) is 5.82. The molecule has 2 aliphatic rings. The zero-order chi connectivity index (χ0) is 14.2. The van der Waals surface area contributed by atoms with E-state index in [-0.39, 0.29) is 17.4 Å². The van der Waals surface area contributed by atoms with Crippen LogP contribution < -0.4 is 4.72 Å². The molecule has 1 aliphatic carbocycles. The van der Waals surface area contributed by atoms with Gasteiger partial charge in [0.1, 0.15) is 5.69 Å². The van der Waals surface area contributed by atoms with Gasteiger partial charge in [-0.2, -0.15) is 0 Å². The number of carbonyl (C=O) groups excluding carboxylic acids is 1. The molecule has 1 unspecified atom stereocenters. The van der Waals surface area contributed by atoms with Crippen LogP contribution in [0.25, 0.3) is 0 Å². The van der Waals surface area contributed by atoms with Crippen LogP contribution in [0.1, 0.15) is 40.7 Å². The number of ether oxygens (including phenoxy) is 1. The second kappa shape index (κ2) is 5.42. The fraction of sp³-hybridized carbons (Fsp3) is 0.667. The topological polar surface area (TPSA) is 85.4 Å². The molecule has 1 aliphatic heterocycles. The van der Waals surface area contributed by atoms with Gasteiger partial charge < -0.3 is 4.74 Å². The smallest absolute Gasteiger partial charge is 0.284 e. The Morgan fingerprint density at radius 2 is 2.25 bits per heavy atom. The molecule has 1 saturated heterocycles. The summed E-state index contributed by atoms with van der Waals surface area (Å²) in [6.45, 7) is 1.03. The molecule has 0 spiro atoms. The monoisotopic (exact) mass is 316 g/mol. The van der Waals surface area contributed by atoms with Crippen LogP contribution in [-0.4, -0.2) is 38.3 Å². The molecule has 6 nitrogen and oxygen atoms in total. The second-order valence-corrected chi connectivity index (χ2v) is 7.94. The highest BCUT2D eigenvalue weighted by atomic mass is 32.2. The van der Waals surface area contributed by atoms with Crippen molar-refractivity contribution >= 4 is 27.3 Å². The Morgan fingerprint density at radius 3 is 2.90 bits per heavy atom. The lowest BCUT2D eigenvalue weighted by molar-refractivity contribution is 0.0977. The second-order valence-electron chi connectivity index (χ2n) is 5.29. The van der Waals surface area contributed by atoms with E-state index in [2.05, 4.69) is 9.71 Å². The van der Waals surface area contributed by atoms with Gasteiger partial charge in [0.2, 0.25) is 10.0 Å². The number of thiazole rings is 1. The molecule has 1 aromatic rings. The Labute approximate surface area is 121 Å². The van der Waals surface area contributed by atoms with Gasteiger partial charge >= 0.3 is 0 Å². The third-order valence-electron chi connectivity index (χ3n) is 3.41. The summed E-state index contributed by atoms with van der Waals surface area (Å²) in [5, 5.41) is 2.55. The summed E-state index contributed by atoms with van der Waals surface area (Å²) in [5.41, 5.74) is 0.197. The number of nitrogens with one attached hydrogen (secondary N) is 1. The number of hydrogen-bond acceptors (Lipinski definition) is 6. The summed E-state index contributed by atoms with van der Waals surface area (Å²) in [7, 11) is -3.62. The number of aromatic nitrogens is 1. The molecule has 2 fully saturated rings. The first kappa shape index (κ1) is 14.0. The fourth-order valence-corrected chi connectivity index (χ4v) is 4.50. The van der Waals surface area contributed by atoms with Crippen LogP contribution in [0.3, 0.4) is 0 Å². The summed E-state index contributed by atoms with van der Waals surface area (Å²) in [6, 6.07) is 0. The number of amides is 1. The molecule has 8 heteroatoms. The van der Waals surface area contributed by atoms with Gasteiger partial charge in [0.15, 0.2) is 0 Å². The van der Waals surface area contributed by atoms with Gasteiger partial charge in [-0.15, -0.1) is 11.3 Å². The van der Waals surface area contributed by atoms with Crippen molar-refractivity contribution in [2.24, 2.45) is 5.92 Å². The summed E-state index contributed by atoms with van der Waals surface area (Å²) in [5.74, 6) is -0.267. The standard InChI is InChI=1S/C12H16N2O4S2/c15-11(10-6-19-12(13-10)9-1-2-9)14-20(16,17)7-8-3-4-18-5-8/h6,8-9H,1-5,7H2,(H,14,15). The molecule has 3 rings (SSSR count). The van der Waals surface area contributed by atoms with Crippen molar-refractivity contribution in [1.29, 1.82) is 0 Å². The lowest BCUT2D eigenvalue weighted by atomic mass is 10.2. The maximum absolute atomic E-state index is 11.9. The minimum atomic E-state index is -3.62. The van der Waals surface area contributed by atoms with Crippen molar-refractivity contribution in [3.63, 3.8) is 0 Å². The maximum atomic E-state index is 11.9. The van der Waals surface area contributed by atoms with Gasteiger partial charge in [0.25, 0.3) is 5.91 Å². The molecule has 1 aromatic heterocycles. The quantitative estimate of drug-likeness (QED) is 0.880. The number of hydrogen-bond donors (Lipinski definition) is 1. The highest BCUT2D eigenvalue weighted by molar-refractivity contribution is 7.90. The zero-order valence-electron chi connectivity index (χ0n) is 10.9. The van der Waals surface area contributed by atoms with E-state index in [1.54, 1.807) is 5.38 Å². The Morgan fingerprint density at radius 1 is 1.45 bits per heavy atom. The zero-order valence-corrected chi connectivity index (χ0v) is 12.5. The van der Waals surface area contributed by atoms with Crippen LogP contribution in [0.15, 0.2) is 5.38 Å². The van der Waals surface area contributed by atoms with Crippen molar-refractivity contribution in [2.75, 3.05) is 19.0 Å². The first-order chi connectivity index (χ1) is 9.53. The largest absolute Gasteiger partial charge is 0.381 e.